The molecule has 0 unspecified atom stereocenters. The highest BCUT2D eigenvalue weighted by molar-refractivity contribution is 5.95. The van der Waals surface area contributed by atoms with Gasteiger partial charge in [0.25, 0.3) is 5.91 Å². The standard InChI is InChI=1S/C11H13F3N2O/c1-7-5-8(15)3-4-9(7)10(17)16(2)6-11(12,13)14/h3-5H,6,15H2,1-2H3. The first-order chi connectivity index (χ1) is 7.70. The van der Waals surface area contributed by atoms with Gasteiger partial charge in [-0.1, -0.05) is 0 Å². The molecule has 0 fully saturated rings. The van der Waals surface area contributed by atoms with E-state index < -0.39 is 18.6 Å². The first-order valence-corrected chi connectivity index (χ1v) is 4.89. The maximum atomic E-state index is 12.1. The largest absolute Gasteiger partial charge is 0.406 e. The second kappa shape index (κ2) is 4.65. The van der Waals surface area contributed by atoms with Crippen LogP contribution in [0.1, 0.15) is 15.9 Å². The smallest absolute Gasteiger partial charge is 0.399 e. The van der Waals surface area contributed by atoms with Gasteiger partial charge < -0.3 is 10.6 Å². The Kier molecular flexibility index (Phi) is 3.65. The van der Waals surface area contributed by atoms with E-state index in [2.05, 4.69) is 0 Å². The summed E-state index contributed by atoms with van der Waals surface area (Å²) in [5, 5.41) is 0. The first-order valence-electron chi connectivity index (χ1n) is 4.89. The van der Waals surface area contributed by atoms with E-state index >= 15 is 0 Å². The Morgan fingerprint density at radius 1 is 1.41 bits per heavy atom. The van der Waals surface area contributed by atoms with Gasteiger partial charge in [-0.15, -0.1) is 0 Å². The van der Waals surface area contributed by atoms with Crippen LogP contribution in [0.25, 0.3) is 0 Å². The fourth-order valence-corrected chi connectivity index (χ4v) is 1.47. The van der Waals surface area contributed by atoms with E-state index in [1.165, 1.54) is 12.1 Å². The summed E-state index contributed by atoms with van der Waals surface area (Å²) in [6, 6.07) is 4.47. The average molecular weight is 246 g/mol. The molecule has 0 spiro atoms. The van der Waals surface area contributed by atoms with Crippen molar-refractivity contribution >= 4 is 11.6 Å². The topological polar surface area (TPSA) is 46.3 Å². The molecule has 0 radical (unpaired) electrons. The van der Waals surface area contributed by atoms with Gasteiger partial charge in [-0.25, -0.2) is 0 Å². The van der Waals surface area contributed by atoms with Crippen LogP contribution in [0.5, 0.6) is 0 Å². The number of aryl methyl sites for hydroxylation is 1. The number of benzene rings is 1. The van der Waals surface area contributed by atoms with Gasteiger partial charge in [0.2, 0.25) is 0 Å². The highest BCUT2D eigenvalue weighted by Gasteiger charge is 2.31. The van der Waals surface area contributed by atoms with Gasteiger partial charge >= 0.3 is 6.18 Å². The van der Waals surface area contributed by atoms with Gasteiger partial charge in [-0.2, -0.15) is 13.2 Å². The van der Waals surface area contributed by atoms with Gasteiger partial charge in [0.15, 0.2) is 0 Å². The third kappa shape index (κ3) is 3.65. The lowest BCUT2D eigenvalue weighted by Crippen LogP contribution is -2.36. The quantitative estimate of drug-likeness (QED) is 0.813. The van der Waals surface area contributed by atoms with Crippen molar-refractivity contribution in [2.45, 2.75) is 13.1 Å². The number of carbonyl (C=O) groups is 1. The first kappa shape index (κ1) is 13.3. The molecule has 17 heavy (non-hydrogen) atoms. The zero-order valence-corrected chi connectivity index (χ0v) is 9.51. The van der Waals surface area contributed by atoms with Gasteiger partial charge in [-0.05, 0) is 30.7 Å². The van der Waals surface area contributed by atoms with Gasteiger partial charge in [0, 0.05) is 18.3 Å². The van der Waals surface area contributed by atoms with E-state index in [4.69, 9.17) is 5.73 Å². The Morgan fingerprint density at radius 2 is 2.00 bits per heavy atom. The summed E-state index contributed by atoms with van der Waals surface area (Å²) in [4.78, 5) is 12.4. The van der Waals surface area contributed by atoms with Gasteiger partial charge in [0.05, 0.1) is 0 Å². The number of rotatable bonds is 2. The lowest BCUT2D eigenvalue weighted by molar-refractivity contribution is -0.138. The normalized spacial score (nSPS) is 11.4. The highest BCUT2D eigenvalue weighted by Crippen LogP contribution is 2.19. The monoisotopic (exact) mass is 246 g/mol. The van der Waals surface area contributed by atoms with E-state index in [1.807, 2.05) is 0 Å². The van der Waals surface area contributed by atoms with Crippen LogP contribution in [0.15, 0.2) is 18.2 Å². The number of carbonyl (C=O) groups excluding carboxylic acids is 1. The van der Waals surface area contributed by atoms with Crippen molar-refractivity contribution in [2.24, 2.45) is 0 Å². The van der Waals surface area contributed by atoms with Crippen molar-refractivity contribution in [3.05, 3.63) is 29.3 Å². The molecular formula is C11H13F3N2O. The zero-order chi connectivity index (χ0) is 13.2. The van der Waals surface area contributed by atoms with Crippen LogP contribution in [0.2, 0.25) is 0 Å². The molecule has 1 rings (SSSR count). The molecule has 1 amide bonds. The summed E-state index contributed by atoms with van der Waals surface area (Å²) >= 11 is 0. The minimum Gasteiger partial charge on any atom is -0.399 e. The van der Waals surface area contributed by atoms with Crippen molar-refractivity contribution in [1.29, 1.82) is 0 Å². The number of halogens is 3. The molecule has 0 aromatic heterocycles. The van der Waals surface area contributed by atoms with E-state index in [0.717, 1.165) is 7.05 Å². The lowest BCUT2D eigenvalue weighted by Gasteiger charge is -2.20. The highest BCUT2D eigenvalue weighted by atomic mass is 19.4. The molecule has 2 N–H and O–H groups in total. The van der Waals surface area contributed by atoms with Crippen LogP contribution in [0.4, 0.5) is 18.9 Å². The Balaban J connectivity index is 2.89. The molecule has 0 aliphatic heterocycles. The summed E-state index contributed by atoms with van der Waals surface area (Å²) < 4.78 is 36.4. The zero-order valence-electron chi connectivity index (χ0n) is 9.51. The minimum absolute atomic E-state index is 0.228. The molecule has 0 aliphatic rings. The molecular weight excluding hydrogens is 233 g/mol. The number of nitrogen functional groups attached to an aromatic ring is 1. The predicted molar refractivity (Wildman–Crippen MR) is 58.6 cm³/mol. The van der Waals surface area contributed by atoms with Gasteiger partial charge in [-0.3, -0.25) is 4.79 Å². The predicted octanol–water partition coefficient (Wildman–Crippen LogP) is 2.21. The molecule has 0 saturated heterocycles. The molecule has 94 valence electrons. The molecule has 1 aromatic carbocycles. The average Bonchev–Trinajstić information content (AvgIpc) is 2.14. The molecule has 0 atom stereocenters. The lowest BCUT2D eigenvalue weighted by atomic mass is 10.1. The van der Waals surface area contributed by atoms with Crippen molar-refractivity contribution in [2.75, 3.05) is 19.3 Å². The SMILES string of the molecule is Cc1cc(N)ccc1C(=O)N(C)CC(F)(F)F. The van der Waals surface area contributed by atoms with Crippen molar-refractivity contribution in [3.63, 3.8) is 0 Å². The molecule has 0 aliphatic carbocycles. The maximum absolute atomic E-state index is 12.1. The summed E-state index contributed by atoms with van der Waals surface area (Å²) in [5.41, 5.74) is 6.76. The third-order valence-electron chi connectivity index (χ3n) is 2.24. The Morgan fingerprint density at radius 3 is 2.47 bits per heavy atom. The van der Waals surface area contributed by atoms with Crippen molar-refractivity contribution in [3.8, 4) is 0 Å². The summed E-state index contributed by atoms with van der Waals surface area (Å²) in [5.74, 6) is -0.667. The molecule has 0 bridgehead atoms. The number of amides is 1. The van der Waals surface area contributed by atoms with E-state index in [1.54, 1.807) is 13.0 Å². The number of hydrogen-bond donors (Lipinski definition) is 1. The molecule has 0 saturated carbocycles. The third-order valence-corrected chi connectivity index (χ3v) is 2.24. The van der Waals surface area contributed by atoms with Crippen molar-refractivity contribution in [1.82, 2.24) is 4.90 Å². The number of hydrogen-bond acceptors (Lipinski definition) is 2. The molecule has 3 nitrogen and oxygen atoms in total. The summed E-state index contributed by atoms with van der Waals surface area (Å²) in [7, 11) is 1.12. The van der Waals surface area contributed by atoms with Crippen LogP contribution in [0.3, 0.4) is 0 Å². The Labute approximate surface area is 97.0 Å². The van der Waals surface area contributed by atoms with E-state index in [0.29, 0.717) is 16.2 Å². The summed E-state index contributed by atoms with van der Waals surface area (Å²) in [6.45, 7) is 0.362. The molecule has 6 heteroatoms. The second-order valence-corrected chi connectivity index (χ2v) is 3.85. The second-order valence-electron chi connectivity index (χ2n) is 3.85. The molecule has 0 heterocycles. The van der Waals surface area contributed by atoms with E-state index in [-0.39, 0.29) is 5.56 Å². The Bertz CT molecular complexity index is 429. The van der Waals surface area contributed by atoms with E-state index in [9.17, 15) is 18.0 Å². The van der Waals surface area contributed by atoms with Crippen LogP contribution < -0.4 is 5.73 Å². The van der Waals surface area contributed by atoms with Crippen LogP contribution in [0, 0.1) is 6.92 Å². The number of nitrogens with zero attached hydrogens (tertiary/aromatic N) is 1. The number of nitrogens with two attached hydrogens (primary N) is 1. The summed E-state index contributed by atoms with van der Waals surface area (Å²) in [6.07, 6.45) is -4.40. The van der Waals surface area contributed by atoms with Crippen LogP contribution >= 0.6 is 0 Å². The Hall–Kier alpha value is -1.72. The number of alkyl halides is 3. The molecule has 1 aromatic rings. The van der Waals surface area contributed by atoms with Crippen LogP contribution in [-0.4, -0.2) is 30.6 Å². The van der Waals surface area contributed by atoms with Gasteiger partial charge in [0.1, 0.15) is 6.54 Å². The van der Waals surface area contributed by atoms with Crippen molar-refractivity contribution < 1.29 is 18.0 Å². The maximum Gasteiger partial charge on any atom is 0.406 e. The van der Waals surface area contributed by atoms with Crippen LogP contribution in [-0.2, 0) is 0 Å². The minimum atomic E-state index is -4.40. The fourth-order valence-electron chi connectivity index (χ4n) is 1.47. The fraction of sp³-hybridized carbons (Fsp3) is 0.364. The number of anilines is 1.